The lowest BCUT2D eigenvalue weighted by atomic mass is 10.1. The van der Waals surface area contributed by atoms with Crippen molar-refractivity contribution >= 4 is 12.0 Å². The highest BCUT2D eigenvalue weighted by Gasteiger charge is 2.23. The molecule has 1 aromatic rings. The third kappa shape index (κ3) is 1.46. The van der Waals surface area contributed by atoms with Crippen molar-refractivity contribution in [3.63, 3.8) is 0 Å². The Hall–Kier alpha value is -1.85. The maximum atomic E-state index is 13.1. The van der Waals surface area contributed by atoms with E-state index in [0.29, 0.717) is 0 Å². The number of nitro benzene ring substituents is 1. The maximum absolute atomic E-state index is 13.1. The van der Waals surface area contributed by atoms with Crippen LogP contribution < -0.4 is 0 Å². The van der Waals surface area contributed by atoms with E-state index in [0.717, 1.165) is 6.07 Å². The van der Waals surface area contributed by atoms with Crippen LogP contribution in [-0.4, -0.2) is 11.2 Å². The summed E-state index contributed by atoms with van der Waals surface area (Å²) in [5.74, 6) is -2.50. The Labute approximate surface area is 77.3 Å². The number of aryl methyl sites for hydroxylation is 1. The highest BCUT2D eigenvalue weighted by atomic mass is 19.1. The van der Waals surface area contributed by atoms with Crippen molar-refractivity contribution in [1.82, 2.24) is 0 Å². The Morgan fingerprint density at radius 2 is 2.00 bits per heavy atom. The fourth-order valence-electron chi connectivity index (χ4n) is 1.01. The van der Waals surface area contributed by atoms with Crippen LogP contribution in [-0.2, 0) is 0 Å². The molecule has 0 fully saturated rings. The third-order valence-corrected chi connectivity index (χ3v) is 1.71. The number of nitrogens with zero attached hydrogens (tertiary/aromatic N) is 1. The van der Waals surface area contributed by atoms with Crippen molar-refractivity contribution in [2.75, 3.05) is 0 Å². The van der Waals surface area contributed by atoms with Crippen molar-refractivity contribution < 1.29 is 18.5 Å². The second kappa shape index (κ2) is 3.49. The fourth-order valence-corrected chi connectivity index (χ4v) is 1.01. The molecule has 1 rings (SSSR count). The van der Waals surface area contributed by atoms with E-state index in [9.17, 15) is 23.7 Å². The summed E-state index contributed by atoms with van der Waals surface area (Å²) < 4.78 is 26.1. The molecule has 0 heterocycles. The van der Waals surface area contributed by atoms with Crippen LogP contribution in [0, 0.1) is 28.7 Å². The van der Waals surface area contributed by atoms with Crippen LogP contribution in [0.5, 0.6) is 0 Å². The van der Waals surface area contributed by atoms with Gasteiger partial charge in [0.1, 0.15) is 5.82 Å². The van der Waals surface area contributed by atoms with Gasteiger partial charge in [0.2, 0.25) is 5.82 Å². The lowest BCUT2D eigenvalue weighted by Gasteiger charge is -2.01. The molecule has 0 aliphatic heterocycles. The molecule has 0 aliphatic carbocycles. The monoisotopic (exact) mass is 201 g/mol. The van der Waals surface area contributed by atoms with Crippen LogP contribution in [0.25, 0.3) is 0 Å². The molecule has 4 nitrogen and oxygen atoms in total. The Kier molecular flexibility index (Phi) is 2.55. The van der Waals surface area contributed by atoms with Gasteiger partial charge in [0.15, 0.2) is 6.29 Å². The van der Waals surface area contributed by atoms with Gasteiger partial charge in [-0.25, -0.2) is 4.39 Å². The zero-order valence-electron chi connectivity index (χ0n) is 7.08. The number of carbonyl (C=O) groups excluding carboxylic acids is 1. The van der Waals surface area contributed by atoms with Gasteiger partial charge in [-0.3, -0.25) is 14.9 Å². The minimum Gasteiger partial charge on any atom is -0.298 e. The minimum absolute atomic E-state index is 0.0787. The zero-order chi connectivity index (χ0) is 10.9. The lowest BCUT2D eigenvalue weighted by Crippen LogP contribution is -2.02. The molecular formula is C8H5F2NO3. The molecule has 0 aliphatic rings. The van der Waals surface area contributed by atoms with Crippen LogP contribution in [0.4, 0.5) is 14.5 Å². The smallest absolute Gasteiger partial charge is 0.298 e. The van der Waals surface area contributed by atoms with Crippen molar-refractivity contribution in [3.8, 4) is 0 Å². The second-order valence-electron chi connectivity index (χ2n) is 2.63. The summed E-state index contributed by atoms with van der Waals surface area (Å²) in [7, 11) is 0. The van der Waals surface area contributed by atoms with Crippen LogP contribution in [0.1, 0.15) is 15.9 Å². The van der Waals surface area contributed by atoms with Gasteiger partial charge in [-0.05, 0) is 12.5 Å². The van der Waals surface area contributed by atoms with Gasteiger partial charge < -0.3 is 0 Å². The fraction of sp³-hybridized carbons (Fsp3) is 0.125. The summed E-state index contributed by atoms with van der Waals surface area (Å²) >= 11 is 0. The van der Waals surface area contributed by atoms with Gasteiger partial charge >= 0.3 is 5.69 Å². The summed E-state index contributed by atoms with van der Waals surface area (Å²) in [4.78, 5) is 19.5. The maximum Gasteiger partial charge on any atom is 0.306 e. The SMILES string of the molecule is Cc1cc([N+](=O)[O-])c(F)c(C=O)c1F. The van der Waals surface area contributed by atoms with E-state index in [-0.39, 0.29) is 11.8 Å². The Morgan fingerprint density at radius 3 is 2.43 bits per heavy atom. The average Bonchev–Trinajstić information content (AvgIpc) is 2.12. The van der Waals surface area contributed by atoms with E-state index >= 15 is 0 Å². The molecule has 0 bridgehead atoms. The third-order valence-electron chi connectivity index (χ3n) is 1.71. The number of aldehydes is 1. The van der Waals surface area contributed by atoms with Gasteiger partial charge in [-0.2, -0.15) is 4.39 Å². The molecule has 0 saturated carbocycles. The lowest BCUT2D eigenvalue weighted by molar-refractivity contribution is -0.387. The highest BCUT2D eigenvalue weighted by Crippen LogP contribution is 2.24. The predicted molar refractivity (Wildman–Crippen MR) is 43.1 cm³/mol. The number of hydrogen-bond donors (Lipinski definition) is 0. The number of hydrogen-bond acceptors (Lipinski definition) is 3. The van der Waals surface area contributed by atoms with Crippen molar-refractivity contribution in [3.05, 3.63) is 38.9 Å². The average molecular weight is 201 g/mol. The van der Waals surface area contributed by atoms with E-state index < -0.39 is 27.8 Å². The van der Waals surface area contributed by atoms with Crippen molar-refractivity contribution in [2.24, 2.45) is 0 Å². The molecule has 6 heteroatoms. The molecule has 14 heavy (non-hydrogen) atoms. The molecular weight excluding hydrogens is 196 g/mol. The van der Waals surface area contributed by atoms with Crippen LogP contribution in [0.15, 0.2) is 6.07 Å². The summed E-state index contributed by atoms with van der Waals surface area (Å²) in [6.45, 7) is 1.22. The Balaban J connectivity index is 3.58. The van der Waals surface area contributed by atoms with Crippen LogP contribution >= 0.6 is 0 Å². The summed E-state index contributed by atoms with van der Waals surface area (Å²) in [5.41, 5.74) is -1.94. The van der Waals surface area contributed by atoms with Gasteiger partial charge in [0.25, 0.3) is 0 Å². The molecule has 0 unspecified atom stereocenters. The highest BCUT2D eigenvalue weighted by molar-refractivity contribution is 5.77. The molecule has 0 N–H and O–H groups in total. The van der Waals surface area contributed by atoms with E-state index in [1.807, 2.05) is 0 Å². The van der Waals surface area contributed by atoms with E-state index in [1.165, 1.54) is 6.92 Å². The molecule has 0 aromatic heterocycles. The molecule has 0 spiro atoms. The standard InChI is InChI=1S/C8H5F2NO3/c1-4-2-6(11(13)14)8(10)5(3-12)7(4)9/h2-3H,1H3. The number of carbonyl (C=O) groups is 1. The van der Waals surface area contributed by atoms with Crippen LogP contribution in [0.3, 0.4) is 0 Å². The van der Waals surface area contributed by atoms with Gasteiger partial charge in [0.05, 0.1) is 10.5 Å². The zero-order valence-corrected chi connectivity index (χ0v) is 7.08. The minimum atomic E-state index is -1.44. The first-order chi connectivity index (χ1) is 6.49. The Bertz CT molecular complexity index is 418. The largest absolute Gasteiger partial charge is 0.306 e. The molecule has 1 aromatic carbocycles. The van der Waals surface area contributed by atoms with Crippen molar-refractivity contribution in [1.29, 1.82) is 0 Å². The number of benzene rings is 1. The van der Waals surface area contributed by atoms with Gasteiger partial charge in [-0.1, -0.05) is 0 Å². The first-order valence-corrected chi connectivity index (χ1v) is 3.57. The summed E-state index contributed by atoms with van der Waals surface area (Å²) in [6.07, 6.45) is -0.0787. The number of rotatable bonds is 2. The summed E-state index contributed by atoms with van der Waals surface area (Å²) in [6, 6.07) is 0.748. The number of halogens is 2. The predicted octanol–water partition coefficient (Wildman–Crippen LogP) is 1.99. The van der Waals surface area contributed by atoms with Gasteiger partial charge in [-0.15, -0.1) is 0 Å². The Morgan fingerprint density at radius 1 is 1.43 bits per heavy atom. The number of nitro groups is 1. The van der Waals surface area contributed by atoms with E-state index in [2.05, 4.69) is 0 Å². The first-order valence-electron chi connectivity index (χ1n) is 3.57. The molecule has 0 atom stereocenters. The second-order valence-corrected chi connectivity index (χ2v) is 2.63. The van der Waals surface area contributed by atoms with Crippen molar-refractivity contribution in [2.45, 2.75) is 6.92 Å². The normalized spacial score (nSPS) is 9.93. The molecule has 0 amide bonds. The van der Waals surface area contributed by atoms with E-state index in [1.54, 1.807) is 0 Å². The first kappa shape index (κ1) is 10.2. The topological polar surface area (TPSA) is 60.2 Å². The quantitative estimate of drug-likeness (QED) is 0.417. The van der Waals surface area contributed by atoms with Crippen LogP contribution in [0.2, 0.25) is 0 Å². The summed E-state index contributed by atoms with van der Waals surface area (Å²) in [5, 5.41) is 10.3. The van der Waals surface area contributed by atoms with E-state index in [4.69, 9.17) is 0 Å². The molecule has 74 valence electrons. The molecule has 0 radical (unpaired) electrons. The molecule has 0 saturated heterocycles. The van der Waals surface area contributed by atoms with Gasteiger partial charge in [0, 0.05) is 6.07 Å².